The van der Waals surface area contributed by atoms with Crippen LogP contribution in [-0.4, -0.2) is 71.9 Å². The van der Waals surface area contributed by atoms with Gasteiger partial charge in [0.05, 0.1) is 37.7 Å². The van der Waals surface area contributed by atoms with Crippen LogP contribution in [0.2, 0.25) is 0 Å². The Morgan fingerprint density at radius 2 is 1.79 bits per heavy atom. The molecule has 0 aromatic heterocycles. The zero-order chi connectivity index (χ0) is 20.0. The summed E-state index contributed by atoms with van der Waals surface area (Å²) in [6.07, 6.45) is 1.50. The summed E-state index contributed by atoms with van der Waals surface area (Å²) < 4.78 is 31.0. The molecule has 0 atom stereocenters. The number of hydrogen-bond acceptors (Lipinski definition) is 5. The van der Waals surface area contributed by atoms with Gasteiger partial charge in [-0.05, 0) is 37.1 Å². The fourth-order valence-electron chi connectivity index (χ4n) is 3.32. The molecule has 28 heavy (non-hydrogen) atoms. The van der Waals surface area contributed by atoms with E-state index in [4.69, 9.17) is 4.74 Å². The summed E-state index contributed by atoms with van der Waals surface area (Å²) >= 11 is 0. The van der Waals surface area contributed by atoms with Crippen LogP contribution in [0, 0.1) is 0 Å². The molecule has 2 aliphatic heterocycles. The quantitative estimate of drug-likeness (QED) is 0.516. The van der Waals surface area contributed by atoms with Gasteiger partial charge in [0, 0.05) is 12.2 Å². The lowest BCUT2D eigenvalue weighted by Gasteiger charge is -2.28. The first-order valence-corrected chi connectivity index (χ1v) is 11.2. The van der Waals surface area contributed by atoms with Gasteiger partial charge in [0.15, 0.2) is 0 Å². The number of anilines is 2. The average molecular weight is 412 g/mol. The van der Waals surface area contributed by atoms with Crippen molar-refractivity contribution in [2.75, 3.05) is 61.3 Å². The minimum atomic E-state index is -3.27. The number of carbonyl (C=O) groups excluding carboxylic acids is 2. The van der Waals surface area contributed by atoms with Gasteiger partial charge in [-0.3, -0.25) is 13.9 Å². The number of ether oxygens (including phenoxy) is 1. The van der Waals surface area contributed by atoms with Crippen LogP contribution in [0.15, 0.2) is 24.3 Å². The minimum Gasteiger partial charge on any atom is -0.370 e. The van der Waals surface area contributed by atoms with Gasteiger partial charge in [0.1, 0.15) is 13.1 Å². The topological polar surface area (TPSA) is 109 Å². The Morgan fingerprint density at radius 3 is 2.46 bits per heavy atom. The Kier molecular flexibility index (Phi) is 6.87. The van der Waals surface area contributed by atoms with Crippen molar-refractivity contribution in [1.29, 1.82) is 0 Å². The summed E-state index contributed by atoms with van der Waals surface area (Å²) in [6.45, 7) is 4.88. The van der Waals surface area contributed by atoms with E-state index in [1.54, 1.807) is 24.3 Å². The highest BCUT2D eigenvalue weighted by molar-refractivity contribution is 7.92. The molecule has 9 nitrogen and oxygen atoms in total. The maximum Gasteiger partial charge on any atom is 0.313 e. The highest BCUT2D eigenvalue weighted by Gasteiger charge is 2.26. The predicted octanol–water partition coefficient (Wildman–Crippen LogP) is -1.41. The number of nitrogens with one attached hydrogen (secondary N) is 3. The summed E-state index contributed by atoms with van der Waals surface area (Å²) in [5.41, 5.74) is 1.01. The number of quaternary nitrogens is 1. The van der Waals surface area contributed by atoms with Crippen molar-refractivity contribution < 1.29 is 27.6 Å². The smallest absolute Gasteiger partial charge is 0.313 e. The van der Waals surface area contributed by atoms with Crippen molar-refractivity contribution in [3.8, 4) is 0 Å². The second-order valence-electron chi connectivity index (χ2n) is 6.96. The maximum absolute atomic E-state index is 12.1. The Labute approximate surface area is 165 Å². The van der Waals surface area contributed by atoms with E-state index in [0.717, 1.165) is 39.3 Å². The lowest BCUT2D eigenvalue weighted by atomic mass is 10.2. The molecule has 0 saturated carbocycles. The lowest BCUT2D eigenvalue weighted by molar-refractivity contribution is -0.906. The van der Waals surface area contributed by atoms with Crippen LogP contribution in [0.1, 0.15) is 12.8 Å². The van der Waals surface area contributed by atoms with Crippen molar-refractivity contribution in [2.45, 2.75) is 12.8 Å². The Bertz CT molecular complexity index is 791. The highest BCUT2D eigenvalue weighted by atomic mass is 32.2. The molecule has 1 aromatic carbocycles. The molecule has 0 aliphatic carbocycles. The van der Waals surface area contributed by atoms with E-state index in [1.807, 2.05) is 0 Å². The molecule has 10 heteroatoms. The van der Waals surface area contributed by atoms with Gasteiger partial charge in [-0.15, -0.1) is 0 Å². The van der Waals surface area contributed by atoms with Crippen molar-refractivity contribution in [3.63, 3.8) is 0 Å². The molecule has 2 heterocycles. The molecule has 3 rings (SSSR count). The summed E-state index contributed by atoms with van der Waals surface area (Å²) in [5, 5.41) is 5.16. The van der Waals surface area contributed by atoms with Crippen LogP contribution >= 0.6 is 0 Å². The molecule has 0 spiro atoms. The number of nitrogens with zero attached hydrogens (tertiary/aromatic N) is 1. The van der Waals surface area contributed by atoms with Crippen molar-refractivity contribution in [3.05, 3.63) is 24.3 Å². The van der Waals surface area contributed by atoms with Gasteiger partial charge >= 0.3 is 11.8 Å². The van der Waals surface area contributed by atoms with E-state index < -0.39 is 21.8 Å². The van der Waals surface area contributed by atoms with Crippen LogP contribution in [-0.2, 0) is 24.3 Å². The number of amides is 2. The fourth-order valence-corrected chi connectivity index (χ4v) is 4.96. The molecule has 0 bridgehead atoms. The van der Waals surface area contributed by atoms with Gasteiger partial charge in [0.2, 0.25) is 10.0 Å². The summed E-state index contributed by atoms with van der Waals surface area (Å²) in [5.74, 6) is -1.27. The van der Waals surface area contributed by atoms with Crippen LogP contribution in [0.5, 0.6) is 0 Å². The van der Waals surface area contributed by atoms with E-state index >= 15 is 0 Å². The molecule has 154 valence electrons. The van der Waals surface area contributed by atoms with Gasteiger partial charge in [-0.25, -0.2) is 8.42 Å². The Morgan fingerprint density at radius 1 is 1.07 bits per heavy atom. The number of carbonyl (C=O) groups is 2. The van der Waals surface area contributed by atoms with Gasteiger partial charge < -0.3 is 20.3 Å². The van der Waals surface area contributed by atoms with Gasteiger partial charge in [-0.1, -0.05) is 0 Å². The van der Waals surface area contributed by atoms with Crippen molar-refractivity contribution in [1.82, 2.24) is 5.32 Å². The van der Waals surface area contributed by atoms with Crippen LogP contribution in [0.3, 0.4) is 0 Å². The van der Waals surface area contributed by atoms with E-state index in [-0.39, 0.29) is 5.75 Å². The molecule has 2 fully saturated rings. The van der Waals surface area contributed by atoms with Crippen molar-refractivity contribution >= 4 is 33.2 Å². The van der Waals surface area contributed by atoms with E-state index in [2.05, 4.69) is 10.6 Å². The summed E-state index contributed by atoms with van der Waals surface area (Å²) in [7, 11) is -3.27. The third-order valence-electron chi connectivity index (χ3n) is 4.93. The first-order valence-electron chi connectivity index (χ1n) is 9.57. The van der Waals surface area contributed by atoms with Crippen molar-refractivity contribution in [2.24, 2.45) is 0 Å². The Balaban J connectivity index is 1.47. The number of morpholine rings is 1. The second kappa shape index (κ2) is 9.35. The SMILES string of the molecule is O=C(NCC[NH+]1CCOCC1)C(=O)Nc1ccc(N2CCCCS2(=O)=O)cc1. The van der Waals surface area contributed by atoms with Crippen LogP contribution in [0.25, 0.3) is 0 Å². The maximum atomic E-state index is 12.1. The summed E-state index contributed by atoms with van der Waals surface area (Å²) in [4.78, 5) is 25.3. The summed E-state index contributed by atoms with van der Waals surface area (Å²) in [6, 6.07) is 6.47. The third kappa shape index (κ3) is 5.43. The first kappa shape index (κ1) is 20.6. The number of sulfonamides is 1. The third-order valence-corrected chi connectivity index (χ3v) is 6.80. The molecular weight excluding hydrogens is 384 g/mol. The molecule has 2 saturated heterocycles. The van der Waals surface area contributed by atoms with E-state index in [0.29, 0.717) is 30.9 Å². The number of benzene rings is 1. The van der Waals surface area contributed by atoms with E-state index in [9.17, 15) is 18.0 Å². The molecule has 2 amide bonds. The average Bonchev–Trinajstić information content (AvgIpc) is 2.69. The molecule has 1 aromatic rings. The van der Waals surface area contributed by atoms with Crippen LogP contribution < -0.4 is 19.8 Å². The monoisotopic (exact) mass is 411 g/mol. The molecular formula is C18H27N4O5S+. The fraction of sp³-hybridized carbons (Fsp3) is 0.556. The second-order valence-corrected chi connectivity index (χ2v) is 8.98. The number of hydrogen-bond donors (Lipinski definition) is 3. The molecule has 0 radical (unpaired) electrons. The zero-order valence-corrected chi connectivity index (χ0v) is 16.6. The molecule has 2 aliphatic rings. The van der Waals surface area contributed by atoms with Crippen LogP contribution in [0.4, 0.5) is 11.4 Å². The Hall–Kier alpha value is -2.17. The normalized spacial score (nSPS) is 19.8. The molecule has 3 N–H and O–H groups in total. The first-order chi connectivity index (χ1) is 13.5. The zero-order valence-electron chi connectivity index (χ0n) is 15.8. The lowest BCUT2D eigenvalue weighted by Crippen LogP contribution is -3.14. The van der Waals surface area contributed by atoms with Gasteiger partial charge in [-0.2, -0.15) is 0 Å². The van der Waals surface area contributed by atoms with Gasteiger partial charge in [0.25, 0.3) is 0 Å². The minimum absolute atomic E-state index is 0.151. The number of rotatable bonds is 5. The van der Waals surface area contributed by atoms with E-state index in [1.165, 1.54) is 9.21 Å². The molecule has 0 unspecified atom stereocenters. The largest absolute Gasteiger partial charge is 0.370 e. The highest BCUT2D eigenvalue weighted by Crippen LogP contribution is 2.24. The predicted molar refractivity (Wildman–Crippen MR) is 105 cm³/mol. The standard InChI is InChI=1S/C18H26N4O5S/c23-17(19-7-9-21-10-12-27-13-11-21)18(24)20-15-3-5-16(6-4-15)22-8-1-2-14-28(22,25)26/h3-6H,1-2,7-14H2,(H,19,23)(H,20,24)/p+1.